The fourth-order valence-corrected chi connectivity index (χ4v) is 2.21. The van der Waals surface area contributed by atoms with Crippen LogP contribution in [-0.2, 0) is 6.54 Å². The lowest BCUT2D eigenvalue weighted by Gasteiger charge is -2.16. The minimum atomic E-state index is -0.129. The molecular formula is C10H13BrN4O. The van der Waals surface area contributed by atoms with Gasteiger partial charge in [0.2, 0.25) is 0 Å². The van der Waals surface area contributed by atoms with Crippen molar-refractivity contribution < 1.29 is 4.42 Å². The molecule has 0 spiro atoms. The standard InChI is InChI=1S/C10H13BrN4O/c1-2-15-10(8(11)5-13-15)9(14-12)7-3-4-16-6-7/h3-6,9,14H,2,12H2,1H3. The van der Waals surface area contributed by atoms with Crippen LogP contribution in [0.15, 0.2) is 33.7 Å². The Kier molecular flexibility index (Phi) is 3.42. The summed E-state index contributed by atoms with van der Waals surface area (Å²) >= 11 is 3.48. The minimum absolute atomic E-state index is 0.129. The molecule has 0 bridgehead atoms. The van der Waals surface area contributed by atoms with Gasteiger partial charge >= 0.3 is 0 Å². The van der Waals surface area contributed by atoms with E-state index >= 15 is 0 Å². The largest absolute Gasteiger partial charge is 0.472 e. The van der Waals surface area contributed by atoms with Gasteiger partial charge in [-0.25, -0.2) is 5.43 Å². The Morgan fingerprint density at radius 2 is 2.50 bits per heavy atom. The van der Waals surface area contributed by atoms with Crippen molar-refractivity contribution in [1.29, 1.82) is 0 Å². The molecule has 2 heterocycles. The van der Waals surface area contributed by atoms with E-state index in [2.05, 4.69) is 26.5 Å². The van der Waals surface area contributed by atoms with Crippen molar-refractivity contribution in [3.63, 3.8) is 0 Å². The van der Waals surface area contributed by atoms with Gasteiger partial charge in [0.25, 0.3) is 0 Å². The van der Waals surface area contributed by atoms with Crippen LogP contribution in [0.25, 0.3) is 0 Å². The first kappa shape index (κ1) is 11.4. The molecule has 6 heteroatoms. The fourth-order valence-electron chi connectivity index (χ4n) is 1.68. The van der Waals surface area contributed by atoms with E-state index < -0.39 is 0 Å². The summed E-state index contributed by atoms with van der Waals surface area (Å²) in [6, 6.07) is 1.75. The summed E-state index contributed by atoms with van der Waals surface area (Å²) in [6.45, 7) is 2.82. The molecule has 86 valence electrons. The zero-order valence-corrected chi connectivity index (χ0v) is 10.4. The first-order valence-corrected chi connectivity index (χ1v) is 5.76. The van der Waals surface area contributed by atoms with Crippen LogP contribution < -0.4 is 11.3 Å². The molecule has 0 saturated heterocycles. The van der Waals surface area contributed by atoms with E-state index in [0.717, 1.165) is 22.3 Å². The molecule has 3 N–H and O–H groups in total. The number of hydrogen-bond acceptors (Lipinski definition) is 4. The van der Waals surface area contributed by atoms with Crippen LogP contribution in [0, 0.1) is 0 Å². The first-order chi connectivity index (χ1) is 7.77. The van der Waals surface area contributed by atoms with Crippen molar-refractivity contribution in [3.8, 4) is 0 Å². The van der Waals surface area contributed by atoms with Gasteiger partial charge in [0, 0.05) is 12.1 Å². The highest BCUT2D eigenvalue weighted by Crippen LogP contribution is 2.28. The number of aryl methyl sites for hydroxylation is 1. The average Bonchev–Trinajstić information content (AvgIpc) is 2.91. The topological polar surface area (TPSA) is 69.0 Å². The maximum Gasteiger partial charge on any atom is 0.0954 e. The summed E-state index contributed by atoms with van der Waals surface area (Å²) in [5.41, 5.74) is 4.73. The van der Waals surface area contributed by atoms with Crippen LogP contribution >= 0.6 is 15.9 Å². The van der Waals surface area contributed by atoms with Gasteiger partial charge in [0.1, 0.15) is 0 Å². The van der Waals surface area contributed by atoms with Crippen LogP contribution in [0.1, 0.15) is 24.2 Å². The van der Waals surface area contributed by atoms with Crippen LogP contribution in [-0.4, -0.2) is 9.78 Å². The van der Waals surface area contributed by atoms with E-state index in [0.29, 0.717) is 0 Å². The number of furan rings is 1. The van der Waals surface area contributed by atoms with Crippen molar-refractivity contribution in [3.05, 3.63) is 40.5 Å². The van der Waals surface area contributed by atoms with E-state index in [-0.39, 0.29) is 6.04 Å². The lowest BCUT2D eigenvalue weighted by atomic mass is 10.1. The quantitative estimate of drug-likeness (QED) is 0.664. The molecule has 16 heavy (non-hydrogen) atoms. The number of rotatable bonds is 4. The number of aromatic nitrogens is 2. The van der Waals surface area contributed by atoms with Crippen LogP contribution in [0.2, 0.25) is 0 Å². The Morgan fingerprint density at radius 1 is 1.69 bits per heavy atom. The maximum absolute atomic E-state index is 5.59. The van der Waals surface area contributed by atoms with Crippen LogP contribution in [0.5, 0.6) is 0 Å². The van der Waals surface area contributed by atoms with E-state index in [1.165, 1.54) is 0 Å². The van der Waals surface area contributed by atoms with Crippen LogP contribution in [0.4, 0.5) is 0 Å². The predicted molar refractivity (Wildman–Crippen MR) is 63.5 cm³/mol. The van der Waals surface area contributed by atoms with E-state index in [4.69, 9.17) is 10.3 Å². The highest BCUT2D eigenvalue weighted by atomic mass is 79.9. The number of nitrogens with two attached hydrogens (primary N) is 1. The SMILES string of the molecule is CCn1ncc(Br)c1C(NN)c1ccoc1. The molecule has 2 aromatic heterocycles. The number of nitrogens with zero attached hydrogens (tertiary/aromatic N) is 2. The summed E-state index contributed by atoms with van der Waals surface area (Å²) in [5.74, 6) is 5.59. The normalized spacial score (nSPS) is 12.9. The predicted octanol–water partition coefficient (Wildman–Crippen LogP) is 1.81. The summed E-state index contributed by atoms with van der Waals surface area (Å²) in [7, 11) is 0. The van der Waals surface area contributed by atoms with Crippen molar-refractivity contribution >= 4 is 15.9 Å². The van der Waals surface area contributed by atoms with Gasteiger partial charge in [-0.15, -0.1) is 0 Å². The molecule has 0 aliphatic carbocycles. The third-order valence-corrected chi connectivity index (χ3v) is 3.06. The molecule has 0 aromatic carbocycles. The van der Waals surface area contributed by atoms with Gasteiger partial charge in [-0.3, -0.25) is 10.5 Å². The number of hydrogen-bond donors (Lipinski definition) is 2. The van der Waals surface area contributed by atoms with Gasteiger partial charge in [0.05, 0.1) is 34.9 Å². The van der Waals surface area contributed by atoms with E-state index in [9.17, 15) is 0 Å². The monoisotopic (exact) mass is 284 g/mol. The van der Waals surface area contributed by atoms with Gasteiger partial charge in [-0.2, -0.15) is 5.10 Å². The Bertz CT molecular complexity index is 451. The Labute approximate surface area is 102 Å². The molecule has 5 nitrogen and oxygen atoms in total. The zero-order valence-electron chi connectivity index (χ0n) is 8.85. The molecule has 0 saturated carbocycles. The second kappa shape index (κ2) is 4.82. The Hall–Kier alpha value is -1.11. The molecule has 1 atom stereocenters. The second-order valence-corrected chi connectivity index (χ2v) is 4.20. The van der Waals surface area contributed by atoms with Gasteiger partial charge in [-0.05, 0) is 28.9 Å². The fraction of sp³-hybridized carbons (Fsp3) is 0.300. The van der Waals surface area contributed by atoms with Crippen molar-refractivity contribution in [2.24, 2.45) is 5.84 Å². The Morgan fingerprint density at radius 3 is 3.06 bits per heavy atom. The van der Waals surface area contributed by atoms with Crippen molar-refractivity contribution in [2.75, 3.05) is 0 Å². The summed E-state index contributed by atoms with van der Waals surface area (Å²) < 4.78 is 7.89. The molecule has 0 aliphatic heterocycles. The third-order valence-electron chi connectivity index (χ3n) is 2.45. The van der Waals surface area contributed by atoms with Crippen LogP contribution in [0.3, 0.4) is 0 Å². The molecule has 2 aromatic rings. The number of hydrazine groups is 1. The molecule has 0 aliphatic rings. The van der Waals surface area contributed by atoms with Crippen molar-refractivity contribution in [2.45, 2.75) is 19.5 Å². The molecule has 1 unspecified atom stereocenters. The van der Waals surface area contributed by atoms with Gasteiger partial charge < -0.3 is 4.42 Å². The highest BCUT2D eigenvalue weighted by Gasteiger charge is 2.21. The van der Waals surface area contributed by atoms with Crippen molar-refractivity contribution in [1.82, 2.24) is 15.2 Å². The van der Waals surface area contributed by atoms with E-state index in [1.54, 1.807) is 18.7 Å². The lowest BCUT2D eigenvalue weighted by Crippen LogP contribution is -2.30. The maximum atomic E-state index is 5.59. The number of nitrogens with one attached hydrogen (secondary N) is 1. The smallest absolute Gasteiger partial charge is 0.0954 e. The number of halogens is 1. The average molecular weight is 285 g/mol. The molecular weight excluding hydrogens is 272 g/mol. The van der Waals surface area contributed by atoms with E-state index in [1.807, 2.05) is 17.7 Å². The lowest BCUT2D eigenvalue weighted by molar-refractivity contribution is 0.525. The third kappa shape index (κ3) is 1.91. The highest BCUT2D eigenvalue weighted by molar-refractivity contribution is 9.10. The van der Waals surface area contributed by atoms with Gasteiger partial charge in [-0.1, -0.05) is 0 Å². The summed E-state index contributed by atoms with van der Waals surface area (Å²) in [6.07, 6.45) is 5.06. The molecule has 2 rings (SSSR count). The molecule has 0 radical (unpaired) electrons. The molecule has 0 fully saturated rings. The molecule has 0 amide bonds. The summed E-state index contributed by atoms with van der Waals surface area (Å²) in [4.78, 5) is 0. The second-order valence-electron chi connectivity index (χ2n) is 3.35. The zero-order chi connectivity index (χ0) is 11.5. The first-order valence-electron chi connectivity index (χ1n) is 4.97. The Balaban J connectivity index is 2.44. The summed E-state index contributed by atoms with van der Waals surface area (Å²) in [5, 5.41) is 4.26. The van der Waals surface area contributed by atoms with Gasteiger partial charge in [0.15, 0.2) is 0 Å². The minimum Gasteiger partial charge on any atom is -0.472 e.